The molecule has 1 aromatic carbocycles. The molecule has 0 aliphatic heterocycles. The van der Waals surface area contributed by atoms with Gasteiger partial charge in [0.2, 0.25) is 11.8 Å². The van der Waals surface area contributed by atoms with Gasteiger partial charge in [-0.3, -0.25) is 9.59 Å². The summed E-state index contributed by atoms with van der Waals surface area (Å²) in [6.07, 6.45) is 2.49. The Morgan fingerprint density at radius 2 is 1.86 bits per heavy atom. The summed E-state index contributed by atoms with van der Waals surface area (Å²) in [5.74, 6) is -4.15. The fourth-order valence-electron chi connectivity index (χ4n) is 2.91. The molecule has 6 nitrogen and oxygen atoms in total. The number of halogens is 2. The highest BCUT2D eigenvalue weighted by Gasteiger charge is 2.37. The molecule has 152 valence electrons. The molecule has 0 aliphatic carbocycles. The summed E-state index contributed by atoms with van der Waals surface area (Å²) in [5, 5.41) is 17.8. The van der Waals surface area contributed by atoms with Gasteiger partial charge in [0.25, 0.3) is 0 Å². The molecule has 9 heteroatoms. The maximum absolute atomic E-state index is 13.6. The fraction of sp³-hybridized carbons (Fsp3) is 0.421. The summed E-state index contributed by atoms with van der Waals surface area (Å²) in [5.41, 5.74) is -1.63. The Bertz CT molecular complexity index is 802. The van der Waals surface area contributed by atoms with Gasteiger partial charge in [0.05, 0.1) is 11.5 Å². The quantitative estimate of drug-likeness (QED) is 0.622. The van der Waals surface area contributed by atoms with Crippen molar-refractivity contribution >= 4 is 28.3 Å². The van der Waals surface area contributed by atoms with E-state index >= 15 is 0 Å². The summed E-state index contributed by atoms with van der Waals surface area (Å²) in [7, 11) is 0. The predicted molar refractivity (Wildman–Crippen MR) is 103 cm³/mol. The lowest BCUT2D eigenvalue weighted by atomic mass is 9.83. The van der Waals surface area contributed by atoms with Crippen LogP contribution in [0.3, 0.4) is 0 Å². The van der Waals surface area contributed by atoms with E-state index in [1.807, 2.05) is 6.92 Å². The van der Waals surface area contributed by atoms with Crippen molar-refractivity contribution in [3.8, 4) is 0 Å². The third-order valence-electron chi connectivity index (χ3n) is 4.06. The Morgan fingerprint density at radius 1 is 1.21 bits per heavy atom. The van der Waals surface area contributed by atoms with Crippen LogP contribution in [0, 0.1) is 11.6 Å². The summed E-state index contributed by atoms with van der Waals surface area (Å²) in [6.45, 7) is 4.58. The molecule has 0 bridgehead atoms. The van der Waals surface area contributed by atoms with Crippen molar-refractivity contribution < 1.29 is 23.5 Å². The minimum atomic E-state index is -1.62. The van der Waals surface area contributed by atoms with Crippen LogP contribution < -0.4 is 10.6 Å². The van der Waals surface area contributed by atoms with Crippen LogP contribution in [-0.4, -0.2) is 33.5 Å². The third kappa shape index (κ3) is 5.80. The number of carbonyl (C=O) groups is 2. The van der Waals surface area contributed by atoms with Crippen molar-refractivity contribution in [1.82, 2.24) is 10.3 Å². The Hall–Kier alpha value is -2.39. The summed E-state index contributed by atoms with van der Waals surface area (Å²) < 4.78 is 27.3. The number of rotatable bonds is 8. The fourth-order valence-corrected chi connectivity index (χ4v) is 3.44. The van der Waals surface area contributed by atoms with Crippen molar-refractivity contribution in [3.63, 3.8) is 0 Å². The zero-order valence-corrected chi connectivity index (χ0v) is 16.6. The number of aromatic nitrogens is 1. The molecule has 28 heavy (non-hydrogen) atoms. The van der Waals surface area contributed by atoms with E-state index in [9.17, 15) is 23.5 Å². The van der Waals surface area contributed by atoms with E-state index in [4.69, 9.17) is 0 Å². The molecule has 0 saturated heterocycles. The smallest absolute Gasteiger partial charge is 0.248 e. The largest absolute Gasteiger partial charge is 0.389 e. The van der Waals surface area contributed by atoms with Crippen molar-refractivity contribution in [1.29, 1.82) is 0 Å². The monoisotopic (exact) mass is 411 g/mol. The summed E-state index contributed by atoms with van der Waals surface area (Å²) >= 11 is 1.24. The van der Waals surface area contributed by atoms with Gasteiger partial charge in [0.1, 0.15) is 17.7 Å². The molecule has 1 heterocycles. The van der Waals surface area contributed by atoms with Gasteiger partial charge in [-0.2, -0.15) is 0 Å². The average Bonchev–Trinajstić information content (AvgIpc) is 3.05. The van der Waals surface area contributed by atoms with Gasteiger partial charge < -0.3 is 15.7 Å². The van der Waals surface area contributed by atoms with Crippen LogP contribution in [0.25, 0.3) is 0 Å². The molecule has 2 unspecified atom stereocenters. The van der Waals surface area contributed by atoms with Gasteiger partial charge in [0, 0.05) is 17.6 Å². The highest BCUT2D eigenvalue weighted by molar-refractivity contribution is 7.13. The number of thiazole rings is 1. The Morgan fingerprint density at radius 3 is 2.36 bits per heavy atom. The molecule has 3 N–H and O–H groups in total. The standard InChI is InChI=1S/C19H23F2N3O3S/c1-4-5-14(16(25)24-18-22-6-7-28-18)23-17(26)15(19(2,3)27)11-8-12(20)10-13(21)9-11/h6-10,14-15,27H,4-5H2,1-3H3,(H,23,26)(H,22,24,25). The SMILES string of the molecule is CCCC(NC(=O)C(c1cc(F)cc(F)c1)C(C)(C)O)C(=O)Nc1nccs1. The third-order valence-corrected chi connectivity index (χ3v) is 4.75. The molecule has 2 rings (SSSR count). The minimum Gasteiger partial charge on any atom is -0.389 e. The molecule has 0 fully saturated rings. The number of carbonyl (C=O) groups excluding carboxylic acids is 2. The van der Waals surface area contributed by atoms with Crippen molar-refractivity contribution in [2.24, 2.45) is 0 Å². The first-order chi connectivity index (χ1) is 13.1. The molecule has 0 spiro atoms. The topological polar surface area (TPSA) is 91.3 Å². The van der Waals surface area contributed by atoms with Crippen molar-refractivity contribution in [2.45, 2.75) is 51.2 Å². The number of hydrogen-bond acceptors (Lipinski definition) is 5. The molecule has 1 aromatic heterocycles. The summed E-state index contributed by atoms with van der Waals surface area (Å²) in [6, 6.07) is 1.79. The van der Waals surface area contributed by atoms with Crippen LogP contribution in [0.2, 0.25) is 0 Å². The number of benzene rings is 1. The number of hydrogen-bond donors (Lipinski definition) is 3. The lowest BCUT2D eigenvalue weighted by molar-refractivity contribution is -0.131. The second kappa shape index (κ2) is 9.20. The van der Waals surface area contributed by atoms with E-state index in [2.05, 4.69) is 15.6 Å². The first-order valence-corrected chi connectivity index (χ1v) is 9.69. The Labute approximate surface area is 166 Å². The first-order valence-electron chi connectivity index (χ1n) is 8.81. The van der Waals surface area contributed by atoms with Gasteiger partial charge in [-0.05, 0) is 38.0 Å². The molecule has 2 atom stereocenters. The van der Waals surface area contributed by atoms with E-state index in [1.54, 1.807) is 5.38 Å². The minimum absolute atomic E-state index is 0.0157. The second-order valence-corrected chi connectivity index (χ2v) is 7.86. The summed E-state index contributed by atoms with van der Waals surface area (Å²) in [4.78, 5) is 29.4. The molecule has 0 aliphatic rings. The maximum Gasteiger partial charge on any atom is 0.248 e. The van der Waals surface area contributed by atoms with E-state index < -0.39 is 41.0 Å². The molecule has 2 amide bonds. The van der Waals surface area contributed by atoms with Gasteiger partial charge in [-0.25, -0.2) is 13.8 Å². The zero-order valence-electron chi connectivity index (χ0n) is 15.8. The van der Waals surface area contributed by atoms with E-state index in [1.165, 1.54) is 31.4 Å². The van der Waals surface area contributed by atoms with Crippen molar-refractivity contribution in [3.05, 3.63) is 47.0 Å². The highest BCUT2D eigenvalue weighted by atomic mass is 32.1. The Balaban J connectivity index is 2.25. The lowest BCUT2D eigenvalue weighted by Gasteiger charge is -2.30. The van der Waals surface area contributed by atoms with Crippen LogP contribution >= 0.6 is 11.3 Å². The van der Waals surface area contributed by atoms with E-state index in [-0.39, 0.29) is 5.56 Å². The first kappa shape index (κ1) is 21.9. The average molecular weight is 411 g/mol. The van der Waals surface area contributed by atoms with Crippen LogP contribution in [0.15, 0.2) is 29.8 Å². The molecule has 2 aromatic rings. The molecule has 0 saturated carbocycles. The zero-order chi connectivity index (χ0) is 20.9. The van der Waals surface area contributed by atoms with Gasteiger partial charge in [-0.15, -0.1) is 11.3 Å². The van der Waals surface area contributed by atoms with Crippen molar-refractivity contribution in [2.75, 3.05) is 5.32 Å². The van der Waals surface area contributed by atoms with Crippen LogP contribution in [0.4, 0.5) is 13.9 Å². The molecule has 0 radical (unpaired) electrons. The van der Waals surface area contributed by atoms with E-state index in [0.717, 1.165) is 12.1 Å². The number of aliphatic hydroxyl groups is 1. The van der Waals surface area contributed by atoms with Gasteiger partial charge in [-0.1, -0.05) is 13.3 Å². The lowest BCUT2D eigenvalue weighted by Crippen LogP contribution is -2.49. The van der Waals surface area contributed by atoms with Crippen LogP contribution in [-0.2, 0) is 9.59 Å². The normalized spacial score (nSPS) is 13.6. The van der Waals surface area contributed by atoms with Crippen LogP contribution in [0.5, 0.6) is 0 Å². The second-order valence-electron chi connectivity index (χ2n) is 6.97. The number of anilines is 1. The predicted octanol–water partition coefficient (Wildman–Crippen LogP) is 3.20. The maximum atomic E-state index is 13.6. The molecular weight excluding hydrogens is 388 g/mol. The Kier molecular flexibility index (Phi) is 7.20. The molecular formula is C19H23F2N3O3S. The van der Waals surface area contributed by atoms with E-state index in [0.29, 0.717) is 24.0 Å². The number of nitrogens with one attached hydrogen (secondary N) is 2. The number of nitrogens with zero attached hydrogens (tertiary/aromatic N) is 1. The van der Waals surface area contributed by atoms with Gasteiger partial charge in [0.15, 0.2) is 5.13 Å². The van der Waals surface area contributed by atoms with Gasteiger partial charge >= 0.3 is 0 Å². The highest BCUT2D eigenvalue weighted by Crippen LogP contribution is 2.30. The number of amides is 2. The van der Waals surface area contributed by atoms with Crippen LogP contribution in [0.1, 0.15) is 45.1 Å².